The van der Waals surface area contributed by atoms with E-state index in [1.807, 2.05) is 6.07 Å². The fraction of sp³-hybridized carbons (Fsp3) is 0.217. The van der Waals surface area contributed by atoms with E-state index in [0.29, 0.717) is 16.0 Å². The van der Waals surface area contributed by atoms with Gasteiger partial charge in [0.1, 0.15) is 10.6 Å². The van der Waals surface area contributed by atoms with Gasteiger partial charge in [-0.2, -0.15) is 0 Å². The van der Waals surface area contributed by atoms with Crippen molar-refractivity contribution in [2.24, 2.45) is 0 Å². The molecule has 0 radical (unpaired) electrons. The summed E-state index contributed by atoms with van der Waals surface area (Å²) >= 11 is 1.40. The second-order valence-corrected chi connectivity index (χ2v) is 8.51. The summed E-state index contributed by atoms with van der Waals surface area (Å²) in [6, 6.07) is 15.0. The predicted molar refractivity (Wildman–Crippen MR) is 117 cm³/mol. The molecule has 4 rings (SSSR count). The molecule has 0 saturated carbocycles. The molecule has 158 valence electrons. The van der Waals surface area contributed by atoms with Gasteiger partial charge >= 0.3 is 5.97 Å². The number of thiophene rings is 1. The van der Waals surface area contributed by atoms with Crippen molar-refractivity contribution in [3.8, 4) is 0 Å². The van der Waals surface area contributed by atoms with Gasteiger partial charge in [0, 0.05) is 16.5 Å². The number of ether oxygens (including phenoxy) is 1. The Morgan fingerprint density at radius 2 is 1.90 bits per heavy atom. The molecule has 7 nitrogen and oxygen atoms in total. The minimum absolute atomic E-state index is 0.0488. The Kier molecular flexibility index (Phi) is 5.81. The first-order valence-electron chi connectivity index (χ1n) is 9.86. The van der Waals surface area contributed by atoms with Gasteiger partial charge in [0.25, 0.3) is 11.6 Å². The van der Waals surface area contributed by atoms with Crippen molar-refractivity contribution in [3.05, 3.63) is 91.2 Å². The van der Waals surface area contributed by atoms with E-state index in [4.69, 9.17) is 4.74 Å². The van der Waals surface area contributed by atoms with Crippen molar-refractivity contribution in [3.63, 3.8) is 0 Å². The lowest BCUT2D eigenvalue weighted by Gasteiger charge is -2.18. The number of benzene rings is 2. The molecule has 1 aliphatic rings. The predicted octanol–water partition coefficient (Wildman–Crippen LogP) is 4.99. The smallest absolute Gasteiger partial charge is 0.349 e. The highest BCUT2D eigenvalue weighted by atomic mass is 32.1. The van der Waals surface area contributed by atoms with Gasteiger partial charge in [0.2, 0.25) is 6.10 Å². The normalized spacial score (nSPS) is 13.3. The van der Waals surface area contributed by atoms with Crippen LogP contribution in [0.4, 0.5) is 11.4 Å². The summed E-state index contributed by atoms with van der Waals surface area (Å²) in [5, 5.41) is 14.0. The van der Waals surface area contributed by atoms with Gasteiger partial charge in [-0.25, -0.2) is 4.79 Å². The average Bonchev–Trinajstić information content (AvgIpc) is 3.36. The summed E-state index contributed by atoms with van der Waals surface area (Å²) in [6.45, 7) is 1.73. The largest absolute Gasteiger partial charge is 0.443 e. The maximum atomic E-state index is 13.1. The molecular weight excluding hydrogens is 416 g/mol. The van der Waals surface area contributed by atoms with Crippen LogP contribution in [0.25, 0.3) is 0 Å². The molecule has 8 heteroatoms. The van der Waals surface area contributed by atoms with E-state index in [1.165, 1.54) is 28.3 Å². The van der Waals surface area contributed by atoms with Crippen LogP contribution in [0.3, 0.4) is 0 Å². The van der Waals surface area contributed by atoms with Crippen molar-refractivity contribution in [2.75, 3.05) is 5.32 Å². The van der Waals surface area contributed by atoms with Crippen molar-refractivity contribution in [1.82, 2.24) is 0 Å². The molecule has 0 saturated heterocycles. The molecule has 1 aromatic heterocycles. The maximum absolute atomic E-state index is 13.1. The third kappa shape index (κ3) is 4.49. The molecule has 3 aromatic rings. The summed E-state index contributed by atoms with van der Waals surface area (Å²) in [5.41, 5.74) is 2.16. The molecule has 1 N–H and O–H groups in total. The highest BCUT2D eigenvalue weighted by Crippen LogP contribution is 2.33. The zero-order valence-corrected chi connectivity index (χ0v) is 17.6. The third-order valence-corrected chi connectivity index (χ3v) is 6.34. The standard InChI is InChI=1S/C23H20N2O5S/c1-14-10-11-17(18(12-14)25(28)29)24-22(26)21(15-6-3-2-4-7-15)30-23(27)20-13-16-8-5-9-19(16)31-20/h2-4,6-7,10-13,21H,5,8-9H2,1H3,(H,24,26). The lowest BCUT2D eigenvalue weighted by atomic mass is 10.1. The Labute approximate surface area is 182 Å². The fourth-order valence-electron chi connectivity index (χ4n) is 3.59. The van der Waals surface area contributed by atoms with E-state index in [-0.39, 0.29) is 11.4 Å². The number of carbonyl (C=O) groups is 2. The fourth-order valence-corrected chi connectivity index (χ4v) is 4.73. The van der Waals surface area contributed by atoms with Crippen LogP contribution in [-0.2, 0) is 22.4 Å². The summed E-state index contributed by atoms with van der Waals surface area (Å²) in [4.78, 5) is 38.4. The van der Waals surface area contributed by atoms with Gasteiger partial charge in [-0.3, -0.25) is 14.9 Å². The van der Waals surface area contributed by atoms with Crippen molar-refractivity contribution in [1.29, 1.82) is 0 Å². The van der Waals surface area contributed by atoms with Crippen LogP contribution >= 0.6 is 11.3 Å². The number of rotatable bonds is 6. The Bertz CT molecular complexity index is 1130. The third-order valence-electron chi connectivity index (χ3n) is 5.12. The minimum Gasteiger partial charge on any atom is -0.443 e. The van der Waals surface area contributed by atoms with E-state index in [9.17, 15) is 19.7 Å². The summed E-state index contributed by atoms with van der Waals surface area (Å²) < 4.78 is 5.61. The average molecular weight is 436 g/mol. The molecule has 0 spiro atoms. The SMILES string of the molecule is Cc1ccc(NC(=O)C(OC(=O)c2cc3c(s2)CCC3)c2ccccc2)c([N+](=O)[O-])c1. The topological polar surface area (TPSA) is 98.5 Å². The molecule has 1 heterocycles. The Hall–Kier alpha value is -3.52. The van der Waals surface area contributed by atoms with Gasteiger partial charge in [0.05, 0.1) is 4.92 Å². The van der Waals surface area contributed by atoms with E-state index >= 15 is 0 Å². The number of nitro benzene ring substituents is 1. The first-order valence-corrected chi connectivity index (χ1v) is 10.7. The number of nitrogens with zero attached hydrogens (tertiary/aromatic N) is 1. The second-order valence-electron chi connectivity index (χ2n) is 7.38. The molecular formula is C23H20N2O5S. The molecule has 1 unspecified atom stereocenters. The number of anilines is 1. The van der Waals surface area contributed by atoms with E-state index in [0.717, 1.165) is 24.8 Å². The molecule has 31 heavy (non-hydrogen) atoms. The number of hydrogen-bond donors (Lipinski definition) is 1. The van der Waals surface area contributed by atoms with E-state index < -0.39 is 22.9 Å². The van der Waals surface area contributed by atoms with Crippen LogP contribution in [-0.4, -0.2) is 16.8 Å². The van der Waals surface area contributed by atoms with Crippen LogP contribution in [0.15, 0.2) is 54.6 Å². The Morgan fingerprint density at radius 3 is 2.61 bits per heavy atom. The number of nitro groups is 1. The first-order chi connectivity index (χ1) is 14.9. The zero-order chi connectivity index (χ0) is 22.0. The molecule has 1 aliphatic carbocycles. The maximum Gasteiger partial charge on any atom is 0.349 e. The number of aryl methyl sites for hydroxylation is 3. The molecule has 1 atom stereocenters. The van der Waals surface area contributed by atoms with Crippen LogP contribution in [0.5, 0.6) is 0 Å². The highest BCUT2D eigenvalue weighted by Gasteiger charge is 2.29. The molecule has 0 aliphatic heterocycles. The van der Waals surface area contributed by atoms with Crippen molar-refractivity contribution in [2.45, 2.75) is 32.3 Å². The number of amides is 1. The monoisotopic (exact) mass is 436 g/mol. The number of fused-ring (bicyclic) bond motifs is 1. The Balaban J connectivity index is 1.60. The molecule has 0 fully saturated rings. The number of nitrogens with one attached hydrogen (secondary N) is 1. The minimum atomic E-state index is -1.24. The summed E-state index contributed by atoms with van der Waals surface area (Å²) in [5.74, 6) is -1.24. The molecule has 2 aromatic carbocycles. The summed E-state index contributed by atoms with van der Waals surface area (Å²) in [6.07, 6.45) is 1.73. The van der Waals surface area contributed by atoms with E-state index in [2.05, 4.69) is 5.32 Å². The molecule has 0 bridgehead atoms. The lowest BCUT2D eigenvalue weighted by molar-refractivity contribution is -0.384. The zero-order valence-electron chi connectivity index (χ0n) is 16.8. The van der Waals surface area contributed by atoms with Crippen LogP contribution in [0.1, 0.15) is 43.8 Å². The van der Waals surface area contributed by atoms with Gasteiger partial charge < -0.3 is 10.1 Å². The lowest BCUT2D eigenvalue weighted by Crippen LogP contribution is -2.26. The van der Waals surface area contributed by atoms with Crippen LogP contribution in [0.2, 0.25) is 0 Å². The number of hydrogen-bond acceptors (Lipinski definition) is 6. The summed E-state index contributed by atoms with van der Waals surface area (Å²) in [7, 11) is 0. The van der Waals surface area contributed by atoms with Gasteiger partial charge in [-0.1, -0.05) is 36.4 Å². The van der Waals surface area contributed by atoms with Gasteiger partial charge in [-0.15, -0.1) is 11.3 Å². The molecule has 1 amide bonds. The van der Waals surface area contributed by atoms with Crippen LogP contribution in [0, 0.1) is 17.0 Å². The van der Waals surface area contributed by atoms with Gasteiger partial charge in [0.15, 0.2) is 0 Å². The van der Waals surface area contributed by atoms with Crippen LogP contribution < -0.4 is 5.32 Å². The van der Waals surface area contributed by atoms with Crippen molar-refractivity contribution < 1.29 is 19.2 Å². The highest BCUT2D eigenvalue weighted by molar-refractivity contribution is 7.14. The second kappa shape index (κ2) is 8.69. The number of esters is 1. The number of carbonyl (C=O) groups excluding carboxylic acids is 2. The van der Waals surface area contributed by atoms with Gasteiger partial charge in [-0.05, 0) is 49.4 Å². The Morgan fingerprint density at radius 1 is 1.13 bits per heavy atom. The first kappa shape index (κ1) is 20.7. The van der Waals surface area contributed by atoms with Crippen molar-refractivity contribution >= 4 is 34.6 Å². The quantitative estimate of drug-likeness (QED) is 0.333. The van der Waals surface area contributed by atoms with E-state index in [1.54, 1.807) is 43.3 Å².